The van der Waals surface area contributed by atoms with Crippen molar-refractivity contribution in [1.29, 1.82) is 0 Å². The summed E-state index contributed by atoms with van der Waals surface area (Å²) in [4.78, 5) is 21.7. The predicted octanol–water partition coefficient (Wildman–Crippen LogP) is 5.58. The highest BCUT2D eigenvalue weighted by molar-refractivity contribution is 5.76. The Morgan fingerprint density at radius 1 is 0.886 bits per heavy atom. The van der Waals surface area contributed by atoms with Crippen LogP contribution in [0.3, 0.4) is 0 Å². The molecule has 7 heteroatoms. The second-order valence-electron chi connectivity index (χ2n) is 9.91. The number of aliphatic carboxylic acids is 1. The summed E-state index contributed by atoms with van der Waals surface area (Å²) in [5.74, 6) is -0.990. The Labute approximate surface area is 215 Å². The van der Waals surface area contributed by atoms with Crippen LogP contribution >= 0.6 is 0 Å². The minimum atomic E-state index is -1.23. The van der Waals surface area contributed by atoms with Crippen molar-refractivity contribution >= 4 is 11.9 Å². The summed E-state index contributed by atoms with van der Waals surface area (Å²) < 4.78 is 5.79. The molecular weight excluding hydrogens is 444 g/mol. The van der Waals surface area contributed by atoms with E-state index in [-0.39, 0.29) is 18.1 Å². The SMILES string of the molecule is CC(O)C(=O)O.CCCCCCCCCCCCCCCCCC(=O)NC(CC)C1CNCCO1. The van der Waals surface area contributed by atoms with E-state index in [1.807, 2.05) is 0 Å². The smallest absolute Gasteiger partial charge is 0.332 e. The maximum Gasteiger partial charge on any atom is 0.332 e. The summed E-state index contributed by atoms with van der Waals surface area (Å²) in [6.07, 6.45) is 20.8. The number of carboxylic acid groups (broad SMARTS) is 1. The molecule has 3 atom stereocenters. The Kier molecular flexibility index (Phi) is 23.7. The Bertz CT molecular complexity index is 496. The molecule has 0 aromatic rings. The predicted molar refractivity (Wildman–Crippen MR) is 144 cm³/mol. The third-order valence-corrected chi connectivity index (χ3v) is 6.56. The van der Waals surface area contributed by atoms with E-state index in [1.54, 1.807) is 0 Å². The molecule has 0 aromatic carbocycles. The van der Waals surface area contributed by atoms with Crippen LogP contribution in [0.2, 0.25) is 0 Å². The number of morpholine rings is 1. The minimum absolute atomic E-state index is 0.124. The van der Waals surface area contributed by atoms with Gasteiger partial charge in [-0.05, 0) is 19.8 Å². The zero-order valence-electron chi connectivity index (χ0n) is 23.0. The summed E-state index contributed by atoms with van der Waals surface area (Å²) in [5.41, 5.74) is 0. The highest BCUT2D eigenvalue weighted by atomic mass is 16.5. The molecule has 1 aliphatic rings. The molecule has 1 rings (SSSR count). The van der Waals surface area contributed by atoms with Crippen LogP contribution in [0.5, 0.6) is 0 Å². The molecule has 4 N–H and O–H groups in total. The molecule has 1 heterocycles. The normalized spacial score (nSPS) is 17.2. The van der Waals surface area contributed by atoms with Crippen molar-refractivity contribution in [2.24, 2.45) is 0 Å². The van der Waals surface area contributed by atoms with Crippen LogP contribution in [0.1, 0.15) is 130 Å². The van der Waals surface area contributed by atoms with Gasteiger partial charge in [0.1, 0.15) is 6.10 Å². The number of rotatable bonds is 20. The van der Waals surface area contributed by atoms with Crippen LogP contribution in [0, 0.1) is 0 Å². The molecule has 208 valence electrons. The van der Waals surface area contributed by atoms with Gasteiger partial charge in [0.15, 0.2) is 0 Å². The molecule has 35 heavy (non-hydrogen) atoms. The van der Waals surface area contributed by atoms with Gasteiger partial charge in [0.2, 0.25) is 5.91 Å². The molecule has 0 aliphatic carbocycles. The van der Waals surface area contributed by atoms with E-state index in [0.717, 1.165) is 32.5 Å². The second-order valence-corrected chi connectivity index (χ2v) is 9.91. The molecule has 0 saturated carbocycles. The van der Waals surface area contributed by atoms with Gasteiger partial charge in [-0.3, -0.25) is 4.79 Å². The quantitative estimate of drug-likeness (QED) is 0.162. The van der Waals surface area contributed by atoms with Crippen molar-refractivity contribution in [3.05, 3.63) is 0 Å². The van der Waals surface area contributed by atoms with Crippen LogP contribution in [0.4, 0.5) is 0 Å². The number of hydrogen-bond acceptors (Lipinski definition) is 5. The van der Waals surface area contributed by atoms with Gasteiger partial charge in [0, 0.05) is 19.5 Å². The van der Waals surface area contributed by atoms with E-state index >= 15 is 0 Å². The third-order valence-electron chi connectivity index (χ3n) is 6.56. The van der Waals surface area contributed by atoms with Crippen LogP contribution in [0.25, 0.3) is 0 Å². The van der Waals surface area contributed by atoms with Gasteiger partial charge in [0.25, 0.3) is 0 Å². The summed E-state index contributed by atoms with van der Waals surface area (Å²) in [7, 11) is 0. The molecule has 3 unspecified atom stereocenters. The Balaban J connectivity index is 0.00000170. The fourth-order valence-corrected chi connectivity index (χ4v) is 4.24. The van der Waals surface area contributed by atoms with Gasteiger partial charge in [-0.25, -0.2) is 4.79 Å². The zero-order valence-corrected chi connectivity index (χ0v) is 23.0. The summed E-state index contributed by atoms with van der Waals surface area (Å²) in [6.45, 7) is 8.11. The minimum Gasteiger partial charge on any atom is -0.479 e. The van der Waals surface area contributed by atoms with Gasteiger partial charge >= 0.3 is 5.97 Å². The van der Waals surface area contributed by atoms with Crippen LogP contribution in [-0.4, -0.2) is 60.0 Å². The number of aliphatic hydroxyl groups excluding tert-OH is 1. The first-order chi connectivity index (χ1) is 16.9. The molecular formula is C28H56N2O5. The number of amides is 1. The number of unbranched alkanes of at least 4 members (excludes halogenated alkanes) is 14. The first kappa shape index (κ1) is 33.8. The molecule has 0 radical (unpaired) electrons. The Morgan fingerprint density at radius 3 is 1.71 bits per heavy atom. The lowest BCUT2D eigenvalue weighted by Gasteiger charge is -2.31. The van der Waals surface area contributed by atoms with Crippen LogP contribution in [0.15, 0.2) is 0 Å². The Hall–Kier alpha value is -1.18. The summed E-state index contributed by atoms with van der Waals surface area (Å²) >= 11 is 0. The first-order valence-electron chi connectivity index (χ1n) is 14.4. The van der Waals surface area contributed by atoms with E-state index < -0.39 is 12.1 Å². The number of carbonyl (C=O) groups is 2. The van der Waals surface area contributed by atoms with Crippen molar-refractivity contribution in [2.45, 2.75) is 148 Å². The maximum absolute atomic E-state index is 12.2. The topological polar surface area (TPSA) is 108 Å². The number of aliphatic hydroxyl groups is 1. The zero-order chi connectivity index (χ0) is 26.2. The van der Waals surface area contributed by atoms with Crippen molar-refractivity contribution in [3.63, 3.8) is 0 Å². The fourth-order valence-electron chi connectivity index (χ4n) is 4.24. The molecule has 7 nitrogen and oxygen atoms in total. The van der Waals surface area contributed by atoms with E-state index in [4.69, 9.17) is 14.9 Å². The van der Waals surface area contributed by atoms with E-state index in [9.17, 15) is 9.59 Å². The van der Waals surface area contributed by atoms with Crippen molar-refractivity contribution in [3.8, 4) is 0 Å². The monoisotopic (exact) mass is 500 g/mol. The van der Waals surface area contributed by atoms with Crippen molar-refractivity contribution < 1.29 is 24.5 Å². The summed E-state index contributed by atoms with van der Waals surface area (Å²) in [5, 5.41) is 22.3. The molecule has 0 spiro atoms. The van der Waals surface area contributed by atoms with Gasteiger partial charge in [-0.15, -0.1) is 0 Å². The van der Waals surface area contributed by atoms with Crippen LogP contribution < -0.4 is 10.6 Å². The lowest BCUT2D eigenvalue weighted by molar-refractivity contribution is -0.145. The molecule has 1 amide bonds. The Morgan fingerprint density at radius 2 is 1.34 bits per heavy atom. The highest BCUT2D eigenvalue weighted by Crippen LogP contribution is 2.14. The number of carbonyl (C=O) groups excluding carboxylic acids is 1. The number of carboxylic acids is 1. The first-order valence-corrected chi connectivity index (χ1v) is 14.4. The number of hydrogen-bond donors (Lipinski definition) is 4. The molecule has 0 bridgehead atoms. The number of nitrogens with one attached hydrogen (secondary N) is 2. The fraction of sp³-hybridized carbons (Fsp3) is 0.929. The highest BCUT2D eigenvalue weighted by Gasteiger charge is 2.24. The van der Waals surface area contributed by atoms with Gasteiger partial charge in [0.05, 0.1) is 18.8 Å². The second kappa shape index (κ2) is 24.5. The standard InChI is InChI=1S/C25H50N2O2.C3H6O3/c1-3-5-6-7-8-9-10-11-12-13-14-15-16-17-18-19-25(28)27-23(4-2)24-22-26-20-21-29-24;1-2(4)3(5)6/h23-24,26H,3-22H2,1-2H3,(H,27,28);2,4H,1H3,(H,5,6). The van der Waals surface area contributed by atoms with Crippen molar-refractivity contribution in [2.75, 3.05) is 19.7 Å². The van der Waals surface area contributed by atoms with Gasteiger partial charge < -0.3 is 25.6 Å². The number of ether oxygens (including phenoxy) is 1. The maximum atomic E-state index is 12.2. The molecule has 1 aliphatic heterocycles. The largest absolute Gasteiger partial charge is 0.479 e. The lowest BCUT2D eigenvalue weighted by atomic mass is 10.0. The van der Waals surface area contributed by atoms with E-state index in [0.29, 0.717) is 6.42 Å². The van der Waals surface area contributed by atoms with Gasteiger partial charge in [-0.2, -0.15) is 0 Å². The molecule has 1 fully saturated rings. The third kappa shape index (κ3) is 21.8. The van der Waals surface area contributed by atoms with E-state index in [2.05, 4.69) is 24.5 Å². The van der Waals surface area contributed by atoms with E-state index in [1.165, 1.54) is 96.8 Å². The lowest BCUT2D eigenvalue weighted by Crippen LogP contribution is -2.51. The van der Waals surface area contributed by atoms with Crippen molar-refractivity contribution in [1.82, 2.24) is 10.6 Å². The average molecular weight is 501 g/mol. The van der Waals surface area contributed by atoms with Crippen LogP contribution in [-0.2, 0) is 14.3 Å². The average Bonchev–Trinajstić information content (AvgIpc) is 2.85. The molecule has 1 saturated heterocycles. The molecule has 0 aromatic heterocycles. The summed E-state index contributed by atoms with van der Waals surface area (Å²) in [6, 6.07) is 0.145. The van der Waals surface area contributed by atoms with Gasteiger partial charge in [-0.1, -0.05) is 104 Å².